The van der Waals surface area contributed by atoms with Gasteiger partial charge in [-0.1, -0.05) is 40.2 Å². The van der Waals surface area contributed by atoms with Crippen LogP contribution in [0.5, 0.6) is 0 Å². The van der Waals surface area contributed by atoms with E-state index in [2.05, 4.69) is 74.2 Å². The molecule has 2 aliphatic rings. The fourth-order valence-corrected chi connectivity index (χ4v) is 4.19. The Morgan fingerprint density at radius 1 is 1.35 bits per heavy atom. The lowest BCUT2D eigenvalue weighted by atomic mass is 9.96. The van der Waals surface area contributed by atoms with Crippen LogP contribution in [0, 0.1) is 0 Å². The smallest absolute Gasteiger partial charge is 0.191 e. The third-order valence-corrected chi connectivity index (χ3v) is 6.02. The van der Waals surface area contributed by atoms with E-state index in [4.69, 9.17) is 0 Å². The molecular formula is C21H31BrN4. The maximum atomic E-state index is 4.45. The predicted molar refractivity (Wildman–Crippen MR) is 114 cm³/mol. The van der Waals surface area contributed by atoms with Gasteiger partial charge in [0, 0.05) is 49.2 Å². The second kappa shape index (κ2) is 8.57. The minimum atomic E-state index is 0.270. The number of piperidine rings is 1. The Morgan fingerprint density at radius 3 is 2.65 bits per heavy atom. The first-order chi connectivity index (χ1) is 12.5. The van der Waals surface area contributed by atoms with Crippen molar-refractivity contribution in [1.29, 1.82) is 0 Å². The van der Waals surface area contributed by atoms with Gasteiger partial charge in [0.05, 0.1) is 0 Å². The van der Waals surface area contributed by atoms with E-state index in [9.17, 15) is 0 Å². The van der Waals surface area contributed by atoms with Crippen molar-refractivity contribution in [3.05, 3.63) is 46.5 Å². The van der Waals surface area contributed by atoms with Gasteiger partial charge in [-0.15, -0.1) is 0 Å². The van der Waals surface area contributed by atoms with Gasteiger partial charge >= 0.3 is 0 Å². The predicted octanol–water partition coefficient (Wildman–Crippen LogP) is 3.69. The summed E-state index contributed by atoms with van der Waals surface area (Å²) < 4.78 is 1.16. The average Bonchev–Trinajstić information content (AvgIpc) is 3.41. The SMILES string of the molecule is C=C(C)CN1CCC(NC(=NC)NCC2(c3cccc(Br)c3)CC2)CC1. The van der Waals surface area contributed by atoms with Crippen LogP contribution in [-0.4, -0.2) is 50.1 Å². The summed E-state index contributed by atoms with van der Waals surface area (Å²) in [5.41, 5.74) is 2.94. The molecule has 1 aliphatic carbocycles. The van der Waals surface area contributed by atoms with Crippen molar-refractivity contribution in [1.82, 2.24) is 15.5 Å². The maximum Gasteiger partial charge on any atom is 0.191 e. The number of hydrogen-bond donors (Lipinski definition) is 2. The van der Waals surface area contributed by atoms with Crippen LogP contribution >= 0.6 is 15.9 Å². The average molecular weight is 419 g/mol. The van der Waals surface area contributed by atoms with Crippen LogP contribution in [0.2, 0.25) is 0 Å². The molecule has 1 aromatic rings. The molecule has 0 amide bonds. The van der Waals surface area contributed by atoms with Crippen molar-refractivity contribution in [2.75, 3.05) is 33.2 Å². The Balaban J connectivity index is 1.48. The highest BCUT2D eigenvalue weighted by Gasteiger charge is 2.44. The number of benzene rings is 1. The van der Waals surface area contributed by atoms with Crippen molar-refractivity contribution in [2.45, 2.75) is 44.1 Å². The lowest BCUT2D eigenvalue weighted by Gasteiger charge is -2.33. The number of likely N-dealkylation sites (tertiary alicyclic amines) is 1. The van der Waals surface area contributed by atoms with Crippen molar-refractivity contribution in [3.8, 4) is 0 Å². The second-order valence-corrected chi connectivity index (χ2v) is 8.78. The highest BCUT2D eigenvalue weighted by molar-refractivity contribution is 9.10. The van der Waals surface area contributed by atoms with Gasteiger partial charge in [-0.2, -0.15) is 0 Å². The molecule has 1 aromatic carbocycles. The summed E-state index contributed by atoms with van der Waals surface area (Å²) in [6.45, 7) is 10.4. The normalized spacial score (nSPS) is 20.7. The number of nitrogens with one attached hydrogen (secondary N) is 2. The lowest BCUT2D eigenvalue weighted by molar-refractivity contribution is 0.221. The molecule has 5 heteroatoms. The number of halogens is 1. The van der Waals surface area contributed by atoms with Crippen LogP contribution < -0.4 is 10.6 Å². The molecule has 2 fully saturated rings. The number of nitrogens with zero attached hydrogens (tertiary/aromatic N) is 2. The summed E-state index contributed by atoms with van der Waals surface area (Å²) in [4.78, 5) is 6.94. The molecule has 26 heavy (non-hydrogen) atoms. The molecule has 0 bridgehead atoms. The van der Waals surface area contributed by atoms with Crippen molar-refractivity contribution in [2.24, 2.45) is 4.99 Å². The zero-order chi connectivity index (χ0) is 18.6. The molecule has 1 saturated carbocycles. The molecular weight excluding hydrogens is 388 g/mol. The second-order valence-electron chi connectivity index (χ2n) is 7.87. The monoisotopic (exact) mass is 418 g/mol. The zero-order valence-electron chi connectivity index (χ0n) is 16.0. The molecule has 0 aromatic heterocycles. The molecule has 142 valence electrons. The van der Waals surface area contributed by atoms with E-state index in [1.165, 1.54) is 24.0 Å². The van der Waals surface area contributed by atoms with Crippen LogP contribution in [0.1, 0.15) is 38.2 Å². The Labute approximate surface area is 166 Å². The van der Waals surface area contributed by atoms with Crippen LogP contribution in [-0.2, 0) is 5.41 Å². The molecule has 1 heterocycles. The molecule has 2 N–H and O–H groups in total. The van der Waals surface area contributed by atoms with E-state index in [-0.39, 0.29) is 5.41 Å². The Kier molecular flexibility index (Phi) is 6.41. The van der Waals surface area contributed by atoms with Gasteiger partial charge in [0.25, 0.3) is 0 Å². The summed E-state index contributed by atoms with van der Waals surface area (Å²) in [6.07, 6.45) is 4.80. The molecule has 4 nitrogen and oxygen atoms in total. The third-order valence-electron chi connectivity index (χ3n) is 5.53. The highest BCUT2D eigenvalue weighted by Crippen LogP contribution is 2.48. The van der Waals surface area contributed by atoms with Crippen LogP contribution in [0.3, 0.4) is 0 Å². The van der Waals surface area contributed by atoms with Gasteiger partial charge in [-0.25, -0.2) is 0 Å². The summed E-state index contributed by atoms with van der Waals surface area (Å²) in [7, 11) is 1.87. The first-order valence-corrected chi connectivity index (χ1v) is 10.4. The first-order valence-electron chi connectivity index (χ1n) is 9.61. The van der Waals surface area contributed by atoms with Gasteiger partial charge in [0.15, 0.2) is 5.96 Å². The Hall–Kier alpha value is -1.33. The minimum Gasteiger partial charge on any atom is -0.356 e. The van der Waals surface area contributed by atoms with Gasteiger partial charge < -0.3 is 10.6 Å². The van der Waals surface area contributed by atoms with Crippen molar-refractivity contribution < 1.29 is 0 Å². The summed E-state index contributed by atoms with van der Waals surface area (Å²) in [6, 6.07) is 9.22. The van der Waals surface area contributed by atoms with Crippen LogP contribution in [0.4, 0.5) is 0 Å². The fourth-order valence-electron chi connectivity index (χ4n) is 3.79. The lowest BCUT2D eigenvalue weighted by Crippen LogP contribution is -2.50. The molecule has 1 saturated heterocycles. The van der Waals surface area contributed by atoms with E-state index in [0.29, 0.717) is 6.04 Å². The quantitative estimate of drug-likeness (QED) is 0.420. The number of rotatable bonds is 6. The van der Waals surface area contributed by atoms with Crippen LogP contribution in [0.15, 0.2) is 45.9 Å². The highest BCUT2D eigenvalue weighted by atomic mass is 79.9. The van der Waals surface area contributed by atoms with Crippen molar-refractivity contribution >= 4 is 21.9 Å². The van der Waals surface area contributed by atoms with Crippen LogP contribution in [0.25, 0.3) is 0 Å². The molecule has 1 aliphatic heterocycles. The minimum absolute atomic E-state index is 0.270. The summed E-state index contributed by atoms with van der Waals surface area (Å²) >= 11 is 3.60. The topological polar surface area (TPSA) is 39.7 Å². The Bertz CT molecular complexity index is 658. The fraction of sp³-hybridized carbons (Fsp3) is 0.571. The molecule has 0 spiro atoms. The zero-order valence-corrected chi connectivity index (χ0v) is 17.6. The van der Waals surface area contributed by atoms with Gasteiger partial charge in [-0.3, -0.25) is 9.89 Å². The van der Waals surface area contributed by atoms with E-state index < -0.39 is 0 Å². The molecule has 0 radical (unpaired) electrons. The number of hydrogen-bond acceptors (Lipinski definition) is 2. The van der Waals surface area contributed by atoms with Gasteiger partial charge in [-0.05, 0) is 50.3 Å². The largest absolute Gasteiger partial charge is 0.356 e. The van der Waals surface area contributed by atoms with Gasteiger partial charge in [0.2, 0.25) is 0 Å². The van der Waals surface area contributed by atoms with E-state index >= 15 is 0 Å². The molecule has 0 atom stereocenters. The number of aliphatic imine (C=N–C) groups is 1. The van der Waals surface area contributed by atoms with E-state index in [0.717, 1.165) is 49.5 Å². The maximum absolute atomic E-state index is 4.45. The number of guanidine groups is 1. The summed E-state index contributed by atoms with van der Waals surface area (Å²) in [5, 5.41) is 7.20. The summed E-state index contributed by atoms with van der Waals surface area (Å²) in [5.74, 6) is 0.935. The first kappa shape index (κ1) is 19.4. The van der Waals surface area contributed by atoms with E-state index in [1.54, 1.807) is 0 Å². The standard InChI is InChI=1S/C21H31BrN4/c1-16(2)14-26-11-7-19(8-12-26)25-20(23-3)24-15-21(9-10-21)17-5-4-6-18(22)13-17/h4-6,13,19H,1,7-12,14-15H2,2-3H3,(H2,23,24,25). The van der Waals surface area contributed by atoms with E-state index in [1.807, 2.05) is 7.05 Å². The Morgan fingerprint density at radius 2 is 2.08 bits per heavy atom. The van der Waals surface area contributed by atoms with Gasteiger partial charge in [0.1, 0.15) is 0 Å². The molecule has 3 rings (SSSR count). The van der Waals surface area contributed by atoms with Crippen molar-refractivity contribution in [3.63, 3.8) is 0 Å². The molecule has 0 unspecified atom stereocenters. The third kappa shape index (κ3) is 5.10.